The van der Waals surface area contributed by atoms with Crippen molar-refractivity contribution >= 4 is 0 Å². The van der Waals surface area contributed by atoms with Crippen LogP contribution < -0.4 is 0 Å². The predicted molar refractivity (Wildman–Crippen MR) is 80.0 cm³/mol. The Labute approximate surface area is 125 Å². The Morgan fingerprint density at radius 1 is 1.19 bits per heavy atom. The van der Waals surface area contributed by atoms with E-state index in [1.165, 1.54) is 37.8 Å². The molecule has 0 aromatic heterocycles. The lowest BCUT2D eigenvalue weighted by Gasteiger charge is -2.36. The van der Waals surface area contributed by atoms with E-state index >= 15 is 0 Å². The Morgan fingerprint density at radius 3 is 2.43 bits per heavy atom. The molecule has 1 fully saturated rings. The molecule has 1 aromatic rings. The van der Waals surface area contributed by atoms with Crippen LogP contribution in [-0.2, 0) is 0 Å². The van der Waals surface area contributed by atoms with Crippen LogP contribution in [0, 0.1) is 17.6 Å². The van der Waals surface area contributed by atoms with Gasteiger partial charge < -0.3 is 10.0 Å². The first-order valence-electron chi connectivity index (χ1n) is 7.81. The molecule has 4 heteroatoms. The number of nitrogens with zero attached hydrogens (tertiary/aromatic N) is 1. The summed E-state index contributed by atoms with van der Waals surface area (Å²) >= 11 is 0. The zero-order chi connectivity index (χ0) is 15.4. The molecule has 118 valence electrons. The van der Waals surface area contributed by atoms with Crippen LogP contribution in [0.15, 0.2) is 18.2 Å². The molecule has 0 amide bonds. The lowest BCUT2D eigenvalue weighted by Crippen LogP contribution is -2.39. The lowest BCUT2D eigenvalue weighted by molar-refractivity contribution is 0.103. The van der Waals surface area contributed by atoms with Crippen molar-refractivity contribution in [1.82, 2.24) is 4.90 Å². The van der Waals surface area contributed by atoms with Crippen LogP contribution in [-0.4, -0.2) is 29.6 Å². The standard InChI is InChI=1S/C17H25F2NO/c1-12-5-3-4-6-16(12)20(2)8-7-17(21)13-9-14(18)11-15(19)10-13/h9-12,16-17,21H,3-8H2,1-2H3. The van der Waals surface area contributed by atoms with Gasteiger partial charge >= 0.3 is 0 Å². The fourth-order valence-electron chi connectivity index (χ4n) is 3.38. The summed E-state index contributed by atoms with van der Waals surface area (Å²) in [6, 6.07) is 3.79. The van der Waals surface area contributed by atoms with Gasteiger partial charge in [-0.05, 0) is 49.9 Å². The lowest BCUT2D eigenvalue weighted by atomic mass is 9.85. The normalized spacial score (nSPS) is 24.3. The Balaban J connectivity index is 1.89. The maximum absolute atomic E-state index is 13.2. The molecule has 0 bridgehead atoms. The Morgan fingerprint density at radius 2 is 1.81 bits per heavy atom. The molecule has 1 saturated carbocycles. The van der Waals surface area contributed by atoms with Gasteiger partial charge in [0.25, 0.3) is 0 Å². The van der Waals surface area contributed by atoms with E-state index in [1.54, 1.807) is 0 Å². The molecule has 0 radical (unpaired) electrons. The molecule has 0 spiro atoms. The van der Waals surface area contributed by atoms with Crippen LogP contribution in [0.5, 0.6) is 0 Å². The monoisotopic (exact) mass is 297 g/mol. The minimum atomic E-state index is -0.823. The third-order valence-corrected chi connectivity index (χ3v) is 4.66. The van der Waals surface area contributed by atoms with E-state index in [0.29, 0.717) is 23.9 Å². The second-order valence-electron chi connectivity index (χ2n) is 6.32. The molecule has 0 saturated heterocycles. The van der Waals surface area contributed by atoms with E-state index in [1.807, 2.05) is 0 Å². The van der Waals surface area contributed by atoms with E-state index in [9.17, 15) is 13.9 Å². The molecule has 3 atom stereocenters. The van der Waals surface area contributed by atoms with E-state index in [-0.39, 0.29) is 0 Å². The van der Waals surface area contributed by atoms with Gasteiger partial charge in [0.15, 0.2) is 0 Å². The number of benzene rings is 1. The van der Waals surface area contributed by atoms with Crippen LogP contribution in [0.3, 0.4) is 0 Å². The first kappa shape index (κ1) is 16.4. The Kier molecular flexibility index (Phi) is 5.71. The van der Waals surface area contributed by atoms with Crippen LogP contribution in [0.4, 0.5) is 8.78 Å². The van der Waals surface area contributed by atoms with Gasteiger partial charge in [0, 0.05) is 18.7 Å². The van der Waals surface area contributed by atoms with E-state index in [2.05, 4.69) is 18.9 Å². The maximum Gasteiger partial charge on any atom is 0.126 e. The largest absolute Gasteiger partial charge is 0.388 e. The summed E-state index contributed by atoms with van der Waals surface area (Å²) in [6.07, 6.45) is 4.68. The summed E-state index contributed by atoms with van der Waals surface area (Å²) in [6.45, 7) is 3.01. The van der Waals surface area contributed by atoms with Crippen molar-refractivity contribution in [2.75, 3.05) is 13.6 Å². The highest BCUT2D eigenvalue weighted by molar-refractivity contribution is 5.20. The van der Waals surface area contributed by atoms with Gasteiger partial charge in [-0.15, -0.1) is 0 Å². The van der Waals surface area contributed by atoms with Gasteiger partial charge in [-0.3, -0.25) is 0 Å². The SMILES string of the molecule is CC1CCCCC1N(C)CCC(O)c1cc(F)cc(F)c1. The molecule has 1 aromatic carbocycles. The van der Waals surface area contributed by atoms with Gasteiger partial charge in [0.1, 0.15) is 11.6 Å². The summed E-state index contributed by atoms with van der Waals surface area (Å²) < 4.78 is 26.3. The molecule has 1 aliphatic rings. The third-order valence-electron chi connectivity index (χ3n) is 4.66. The zero-order valence-corrected chi connectivity index (χ0v) is 12.9. The van der Waals surface area contributed by atoms with Crippen LogP contribution in [0.1, 0.15) is 50.7 Å². The van der Waals surface area contributed by atoms with Crippen molar-refractivity contribution in [2.24, 2.45) is 5.92 Å². The number of halogens is 2. The average Bonchev–Trinajstić information content (AvgIpc) is 2.43. The number of hydrogen-bond donors (Lipinski definition) is 1. The van der Waals surface area contributed by atoms with Crippen molar-refractivity contribution in [3.05, 3.63) is 35.4 Å². The zero-order valence-electron chi connectivity index (χ0n) is 12.9. The highest BCUT2D eigenvalue weighted by Gasteiger charge is 2.25. The second-order valence-corrected chi connectivity index (χ2v) is 6.32. The van der Waals surface area contributed by atoms with Gasteiger partial charge in [-0.2, -0.15) is 0 Å². The quantitative estimate of drug-likeness (QED) is 0.891. The average molecular weight is 297 g/mol. The molecule has 0 heterocycles. The van der Waals surface area contributed by atoms with Gasteiger partial charge in [-0.25, -0.2) is 8.78 Å². The van der Waals surface area contributed by atoms with Crippen molar-refractivity contribution in [2.45, 2.75) is 51.2 Å². The predicted octanol–water partition coefficient (Wildman–Crippen LogP) is 3.90. The van der Waals surface area contributed by atoms with Gasteiger partial charge in [0.05, 0.1) is 6.10 Å². The number of hydrogen-bond acceptors (Lipinski definition) is 2. The highest BCUT2D eigenvalue weighted by atomic mass is 19.1. The van der Waals surface area contributed by atoms with E-state index < -0.39 is 17.7 Å². The first-order valence-corrected chi connectivity index (χ1v) is 7.81. The highest BCUT2D eigenvalue weighted by Crippen LogP contribution is 2.28. The third kappa shape index (κ3) is 4.48. The van der Waals surface area contributed by atoms with Crippen LogP contribution >= 0.6 is 0 Å². The summed E-state index contributed by atoms with van der Waals surface area (Å²) in [5.74, 6) is -0.607. The van der Waals surface area contributed by atoms with Crippen molar-refractivity contribution in [1.29, 1.82) is 0 Å². The molecular formula is C17H25F2NO. The molecule has 21 heavy (non-hydrogen) atoms. The van der Waals surface area contributed by atoms with Gasteiger partial charge in [-0.1, -0.05) is 19.8 Å². The first-order chi connectivity index (χ1) is 9.97. The van der Waals surface area contributed by atoms with Gasteiger partial charge in [0.2, 0.25) is 0 Å². The van der Waals surface area contributed by atoms with Crippen LogP contribution in [0.2, 0.25) is 0 Å². The Bertz CT molecular complexity index is 446. The van der Waals surface area contributed by atoms with Crippen molar-refractivity contribution < 1.29 is 13.9 Å². The summed E-state index contributed by atoms with van der Waals surface area (Å²) in [5, 5.41) is 10.1. The minimum Gasteiger partial charge on any atom is -0.388 e. The second kappa shape index (κ2) is 7.32. The number of rotatable bonds is 5. The molecule has 1 N–H and O–H groups in total. The van der Waals surface area contributed by atoms with E-state index in [0.717, 1.165) is 12.6 Å². The van der Waals surface area contributed by atoms with Crippen molar-refractivity contribution in [3.8, 4) is 0 Å². The minimum absolute atomic E-state index is 0.317. The maximum atomic E-state index is 13.2. The molecule has 2 rings (SSSR count). The summed E-state index contributed by atoms with van der Waals surface area (Å²) in [4.78, 5) is 2.28. The fraction of sp³-hybridized carbons (Fsp3) is 0.647. The smallest absolute Gasteiger partial charge is 0.126 e. The van der Waals surface area contributed by atoms with Crippen molar-refractivity contribution in [3.63, 3.8) is 0 Å². The Hall–Kier alpha value is -1.00. The number of aliphatic hydroxyl groups is 1. The molecule has 1 aliphatic carbocycles. The summed E-state index contributed by atoms with van der Waals surface area (Å²) in [5.41, 5.74) is 0.317. The summed E-state index contributed by atoms with van der Waals surface area (Å²) in [7, 11) is 2.07. The van der Waals surface area contributed by atoms with E-state index in [4.69, 9.17) is 0 Å². The topological polar surface area (TPSA) is 23.5 Å². The molecule has 3 unspecified atom stereocenters. The fourth-order valence-corrected chi connectivity index (χ4v) is 3.38. The molecule has 0 aliphatic heterocycles. The molecule has 2 nitrogen and oxygen atoms in total. The van der Waals surface area contributed by atoms with Crippen LogP contribution in [0.25, 0.3) is 0 Å². The number of aliphatic hydroxyl groups excluding tert-OH is 1. The molecular weight excluding hydrogens is 272 g/mol.